The minimum atomic E-state index is -0.957. The fourth-order valence-electron chi connectivity index (χ4n) is 1.36. The molecule has 0 N–H and O–H groups in total. The van der Waals surface area contributed by atoms with Gasteiger partial charge >= 0.3 is 12.1 Å². The molecule has 0 aliphatic rings. The van der Waals surface area contributed by atoms with Gasteiger partial charge in [0.2, 0.25) is 0 Å². The van der Waals surface area contributed by atoms with Crippen LogP contribution in [0, 0.1) is 10.1 Å². The van der Waals surface area contributed by atoms with Crippen molar-refractivity contribution in [1.29, 1.82) is 0 Å². The maximum absolute atomic E-state index is 11.4. The van der Waals surface area contributed by atoms with Crippen LogP contribution >= 0.6 is 0 Å². The van der Waals surface area contributed by atoms with Crippen LogP contribution in [0.5, 0.6) is 5.75 Å². The first-order chi connectivity index (χ1) is 11.4. The van der Waals surface area contributed by atoms with Gasteiger partial charge in [-0.3, -0.25) is 10.1 Å². The summed E-state index contributed by atoms with van der Waals surface area (Å²) in [5, 5.41) is 10.5. The van der Waals surface area contributed by atoms with Crippen LogP contribution in [0.1, 0.15) is 6.92 Å². The summed E-state index contributed by atoms with van der Waals surface area (Å²) < 4.78 is 19.4. The molecule has 1 rings (SSSR count). The van der Waals surface area contributed by atoms with Gasteiger partial charge in [0.15, 0.2) is 0 Å². The summed E-state index contributed by atoms with van der Waals surface area (Å²) >= 11 is 0. The SMILES string of the molecule is C=C(C)C(=O)OCCOCCOC(=O)Oc1ccc([N+](=O)[O-])cc1. The number of rotatable bonds is 9. The van der Waals surface area contributed by atoms with Crippen molar-refractivity contribution >= 4 is 17.8 Å². The Kier molecular flexibility index (Phi) is 7.92. The highest BCUT2D eigenvalue weighted by Gasteiger charge is 2.09. The van der Waals surface area contributed by atoms with E-state index < -0.39 is 17.0 Å². The summed E-state index contributed by atoms with van der Waals surface area (Å²) in [6, 6.07) is 4.98. The summed E-state index contributed by atoms with van der Waals surface area (Å²) in [5.41, 5.74) is 0.184. The van der Waals surface area contributed by atoms with Crippen LogP contribution in [-0.2, 0) is 19.0 Å². The molecule has 0 fully saturated rings. The van der Waals surface area contributed by atoms with Crippen molar-refractivity contribution in [2.75, 3.05) is 26.4 Å². The molecule has 0 aliphatic heterocycles. The fourth-order valence-corrected chi connectivity index (χ4v) is 1.36. The highest BCUT2D eigenvalue weighted by molar-refractivity contribution is 5.86. The van der Waals surface area contributed by atoms with E-state index in [0.29, 0.717) is 5.57 Å². The summed E-state index contributed by atoms with van der Waals surface area (Å²) in [4.78, 5) is 32.3. The second kappa shape index (κ2) is 9.95. The Morgan fingerprint density at radius 2 is 1.67 bits per heavy atom. The second-order valence-electron chi connectivity index (χ2n) is 4.48. The van der Waals surface area contributed by atoms with Crippen molar-refractivity contribution in [2.24, 2.45) is 0 Å². The Morgan fingerprint density at radius 1 is 1.08 bits per heavy atom. The molecular weight excluding hydrogens is 322 g/mol. The van der Waals surface area contributed by atoms with Crippen LogP contribution in [-0.4, -0.2) is 43.5 Å². The maximum atomic E-state index is 11.4. The minimum absolute atomic E-state index is 0.0553. The third kappa shape index (κ3) is 7.36. The third-order valence-electron chi connectivity index (χ3n) is 2.51. The molecule has 0 atom stereocenters. The molecule has 9 nitrogen and oxygen atoms in total. The molecule has 0 saturated heterocycles. The van der Waals surface area contributed by atoms with Gasteiger partial charge in [-0.05, 0) is 19.1 Å². The molecule has 0 amide bonds. The number of carbonyl (C=O) groups is 2. The van der Waals surface area contributed by atoms with Gasteiger partial charge in [0, 0.05) is 17.7 Å². The van der Waals surface area contributed by atoms with Crippen LogP contribution in [0.25, 0.3) is 0 Å². The van der Waals surface area contributed by atoms with E-state index in [1.807, 2.05) is 0 Å². The number of non-ortho nitro benzene ring substituents is 1. The van der Waals surface area contributed by atoms with Crippen molar-refractivity contribution in [3.63, 3.8) is 0 Å². The van der Waals surface area contributed by atoms with Crippen LogP contribution in [0.3, 0.4) is 0 Å². The molecule has 0 heterocycles. The van der Waals surface area contributed by atoms with Crippen LogP contribution in [0.15, 0.2) is 36.4 Å². The van der Waals surface area contributed by atoms with Crippen molar-refractivity contribution in [1.82, 2.24) is 0 Å². The molecule has 1 aromatic carbocycles. The van der Waals surface area contributed by atoms with Crippen molar-refractivity contribution in [3.8, 4) is 5.75 Å². The quantitative estimate of drug-likeness (QED) is 0.168. The van der Waals surface area contributed by atoms with Crippen molar-refractivity contribution in [2.45, 2.75) is 6.92 Å². The monoisotopic (exact) mass is 339 g/mol. The summed E-state index contributed by atoms with van der Waals surface area (Å²) in [5.74, 6) is -0.375. The van der Waals surface area contributed by atoms with E-state index in [2.05, 4.69) is 6.58 Å². The molecule has 0 unspecified atom stereocenters. The molecule has 0 aliphatic carbocycles. The predicted octanol–water partition coefficient (Wildman–Crippen LogP) is 2.25. The van der Waals surface area contributed by atoms with Crippen LogP contribution < -0.4 is 4.74 Å². The number of hydrogen-bond donors (Lipinski definition) is 0. The standard InChI is InChI=1S/C15H17NO8/c1-11(2)14(17)22-9-7-21-8-10-23-15(18)24-13-5-3-12(4-6-13)16(19)20/h3-6H,1,7-10H2,2H3. The number of benzene rings is 1. The predicted molar refractivity (Wildman–Crippen MR) is 81.7 cm³/mol. The minimum Gasteiger partial charge on any atom is -0.460 e. The Labute approximate surface area is 137 Å². The Morgan fingerprint density at radius 3 is 2.21 bits per heavy atom. The maximum Gasteiger partial charge on any atom is 0.513 e. The summed E-state index contributed by atoms with van der Waals surface area (Å²) in [6.07, 6.45) is -0.957. The molecule has 24 heavy (non-hydrogen) atoms. The number of ether oxygens (including phenoxy) is 4. The zero-order chi connectivity index (χ0) is 17.9. The molecular formula is C15H17NO8. The zero-order valence-electron chi connectivity index (χ0n) is 13.1. The van der Waals surface area contributed by atoms with Gasteiger partial charge in [-0.25, -0.2) is 9.59 Å². The number of carbonyl (C=O) groups excluding carboxylic acids is 2. The Hall–Kier alpha value is -2.94. The first-order valence-corrected chi connectivity index (χ1v) is 6.89. The number of nitro groups is 1. The topological polar surface area (TPSA) is 114 Å². The van der Waals surface area contributed by atoms with Crippen LogP contribution in [0.2, 0.25) is 0 Å². The molecule has 0 radical (unpaired) electrons. The van der Waals surface area contributed by atoms with Crippen molar-refractivity contribution in [3.05, 3.63) is 46.5 Å². The van der Waals surface area contributed by atoms with Gasteiger partial charge in [-0.15, -0.1) is 0 Å². The third-order valence-corrected chi connectivity index (χ3v) is 2.51. The number of esters is 1. The molecule has 0 bridgehead atoms. The van der Waals surface area contributed by atoms with E-state index in [-0.39, 0.29) is 37.9 Å². The van der Waals surface area contributed by atoms with E-state index >= 15 is 0 Å². The highest BCUT2D eigenvalue weighted by atomic mass is 16.7. The van der Waals surface area contributed by atoms with Gasteiger partial charge in [0.25, 0.3) is 5.69 Å². The van der Waals surface area contributed by atoms with Gasteiger partial charge in [0.05, 0.1) is 18.1 Å². The smallest absolute Gasteiger partial charge is 0.460 e. The lowest BCUT2D eigenvalue weighted by atomic mass is 10.3. The fraction of sp³-hybridized carbons (Fsp3) is 0.333. The summed E-state index contributed by atoms with van der Waals surface area (Å²) in [7, 11) is 0. The molecule has 130 valence electrons. The van der Waals surface area contributed by atoms with Gasteiger partial charge in [-0.2, -0.15) is 0 Å². The summed E-state index contributed by atoms with van der Waals surface area (Å²) in [6.45, 7) is 5.23. The Bertz CT molecular complexity index is 596. The first kappa shape index (κ1) is 19.1. The highest BCUT2D eigenvalue weighted by Crippen LogP contribution is 2.17. The average Bonchev–Trinajstić information content (AvgIpc) is 2.54. The average molecular weight is 339 g/mol. The molecule has 0 spiro atoms. The van der Waals surface area contributed by atoms with Gasteiger partial charge in [0.1, 0.15) is 19.0 Å². The molecule has 0 saturated carbocycles. The molecule has 1 aromatic rings. The van der Waals surface area contributed by atoms with E-state index in [1.54, 1.807) is 0 Å². The molecule has 0 aromatic heterocycles. The number of hydrogen-bond acceptors (Lipinski definition) is 8. The largest absolute Gasteiger partial charge is 0.513 e. The zero-order valence-corrected chi connectivity index (χ0v) is 13.1. The lowest BCUT2D eigenvalue weighted by Gasteiger charge is -2.07. The van der Waals surface area contributed by atoms with Gasteiger partial charge < -0.3 is 18.9 Å². The lowest BCUT2D eigenvalue weighted by Crippen LogP contribution is -2.16. The Balaban J connectivity index is 2.13. The van der Waals surface area contributed by atoms with Gasteiger partial charge in [-0.1, -0.05) is 6.58 Å². The van der Waals surface area contributed by atoms with E-state index in [4.69, 9.17) is 18.9 Å². The normalized spacial score (nSPS) is 9.88. The van der Waals surface area contributed by atoms with Crippen LogP contribution in [0.4, 0.5) is 10.5 Å². The second-order valence-corrected chi connectivity index (χ2v) is 4.48. The van der Waals surface area contributed by atoms with E-state index in [9.17, 15) is 19.7 Å². The lowest BCUT2D eigenvalue weighted by molar-refractivity contribution is -0.384. The first-order valence-electron chi connectivity index (χ1n) is 6.89. The number of nitro benzene ring substituents is 1. The van der Waals surface area contributed by atoms with E-state index in [0.717, 1.165) is 0 Å². The number of nitrogens with zero attached hydrogens (tertiary/aromatic N) is 1. The van der Waals surface area contributed by atoms with Crippen molar-refractivity contribution < 1.29 is 33.5 Å². The molecule has 9 heteroatoms. The van der Waals surface area contributed by atoms with E-state index in [1.165, 1.54) is 31.2 Å².